The van der Waals surface area contributed by atoms with Gasteiger partial charge < -0.3 is 5.11 Å². The molecule has 4 saturated carbocycles. The number of sulfonamides is 1. The van der Waals surface area contributed by atoms with Gasteiger partial charge in [0.15, 0.2) is 0 Å². The second-order valence-electron chi connectivity index (χ2n) is 10.2. The zero-order chi connectivity index (χ0) is 19.5. The summed E-state index contributed by atoms with van der Waals surface area (Å²) in [7, 11) is -3.32. The molecule has 0 radical (unpaired) electrons. The van der Waals surface area contributed by atoms with Crippen LogP contribution in [-0.4, -0.2) is 31.4 Å². The Balaban J connectivity index is 0.000000299. The van der Waals surface area contributed by atoms with Crippen molar-refractivity contribution in [1.29, 1.82) is 0 Å². The first kappa shape index (κ1) is 21.6. The summed E-state index contributed by atoms with van der Waals surface area (Å²) in [5, 5.41) is 10.5. The third kappa shape index (κ3) is 4.72. The minimum Gasteiger partial charge on any atom is -0.392 e. The van der Waals surface area contributed by atoms with Crippen LogP contribution in [0.1, 0.15) is 104 Å². The van der Waals surface area contributed by atoms with Crippen molar-refractivity contribution in [3.63, 3.8) is 0 Å². The van der Waals surface area contributed by atoms with E-state index in [0.717, 1.165) is 44.9 Å². The minimum atomic E-state index is -3.32. The topological polar surface area (TPSA) is 66.4 Å². The lowest BCUT2D eigenvalue weighted by molar-refractivity contribution is 0.0151. The number of fused-ring (bicyclic) bond motifs is 2. The van der Waals surface area contributed by atoms with Crippen molar-refractivity contribution < 1.29 is 13.5 Å². The van der Waals surface area contributed by atoms with Crippen molar-refractivity contribution in [2.24, 2.45) is 16.7 Å². The highest BCUT2D eigenvalue weighted by molar-refractivity contribution is 7.89. The number of nitrogens with one attached hydrogen (secondary N) is 1. The van der Waals surface area contributed by atoms with E-state index in [2.05, 4.69) is 18.6 Å². The monoisotopic (exact) mass is 399 g/mol. The fourth-order valence-electron chi connectivity index (χ4n) is 6.30. The van der Waals surface area contributed by atoms with E-state index in [-0.39, 0.29) is 17.2 Å². The number of hydrogen-bond acceptors (Lipinski definition) is 3. The maximum atomic E-state index is 12.6. The number of hydrogen-bond donors (Lipinski definition) is 2. The number of aliphatic hydroxyl groups is 1. The third-order valence-electron chi connectivity index (χ3n) is 8.29. The second kappa shape index (κ2) is 8.71. The van der Waals surface area contributed by atoms with E-state index in [9.17, 15) is 13.5 Å². The highest BCUT2D eigenvalue weighted by Gasteiger charge is 2.65. The zero-order valence-electron chi connectivity index (χ0n) is 17.5. The van der Waals surface area contributed by atoms with E-state index < -0.39 is 21.5 Å². The lowest BCUT2D eigenvalue weighted by Crippen LogP contribution is -2.49. The van der Waals surface area contributed by atoms with Crippen LogP contribution in [0.25, 0.3) is 0 Å². The third-order valence-corrected chi connectivity index (χ3v) is 9.88. The molecule has 4 aliphatic carbocycles. The summed E-state index contributed by atoms with van der Waals surface area (Å²) < 4.78 is 28.2. The SMILES string of the molecule is C1CCCCC1.CC1(C)C2CCC1(CS(=O)(=O)NC1CCCCC1)C(O)C2. The van der Waals surface area contributed by atoms with Gasteiger partial charge in [0.1, 0.15) is 0 Å². The van der Waals surface area contributed by atoms with Gasteiger partial charge in [0, 0.05) is 11.5 Å². The molecule has 0 amide bonds. The fourth-order valence-corrected chi connectivity index (χ4v) is 8.51. The molecule has 3 unspecified atom stereocenters. The standard InChI is InChI=1S/C16H29NO3S.C6H12/c1-15(2)12-8-9-16(15,14(18)10-12)11-21(19,20)17-13-6-4-3-5-7-13;1-2-4-6-5-3-1/h12-14,17-18H,3-11H2,1-2H3;1-6H2. The Kier molecular flexibility index (Phi) is 6.96. The molecule has 0 spiro atoms. The van der Waals surface area contributed by atoms with Crippen molar-refractivity contribution >= 4 is 10.0 Å². The second-order valence-corrected chi connectivity index (χ2v) is 12.0. The summed E-state index contributed by atoms with van der Waals surface area (Å²) in [6, 6.07) is 0.110. The van der Waals surface area contributed by atoms with Crippen LogP contribution in [0.15, 0.2) is 0 Å². The average molecular weight is 400 g/mol. The smallest absolute Gasteiger partial charge is 0.212 e. The quantitative estimate of drug-likeness (QED) is 0.716. The first-order chi connectivity index (χ1) is 12.8. The lowest BCUT2D eigenvalue weighted by atomic mass is 9.70. The van der Waals surface area contributed by atoms with Gasteiger partial charge in [-0.15, -0.1) is 0 Å². The Bertz CT molecular complexity index is 567. The van der Waals surface area contributed by atoms with Crippen molar-refractivity contribution in [2.45, 2.75) is 116 Å². The molecule has 4 rings (SSSR count). The molecule has 5 heteroatoms. The van der Waals surface area contributed by atoms with E-state index in [0.29, 0.717) is 5.92 Å². The van der Waals surface area contributed by atoms with Crippen molar-refractivity contribution in [2.75, 3.05) is 5.75 Å². The van der Waals surface area contributed by atoms with Crippen molar-refractivity contribution in [3.8, 4) is 0 Å². The van der Waals surface area contributed by atoms with Crippen LogP contribution in [0.3, 0.4) is 0 Å². The molecule has 4 nitrogen and oxygen atoms in total. The van der Waals surface area contributed by atoms with E-state index in [1.165, 1.54) is 44.9 Å². The van der Waals surface area contributed by atoms with Gasteiger partial charge in [-0.2, -0.15) is 0 Å². The molecule has 0 aromatic carbocycles. The zero-order valence-corrected chi connectivity index (χ0v) is 18.3. The minimum absolute atomic E-state index is 0.0757. The van der Waals surface area contributed by atoms with Gasteiger partial charge in [0.25, 0.3) is 0 Å². The summed E-state index contributed by atoms with van der Waals surface area (Å²) in [4.78, 5) is 0. The van der Waals surface area contributed by atoms with Crippen LogP contribution >= 0.6 is 0 Å². The van der Waals surface area contributed by atoms with Crippen molar-refractivity contribution in [3.05, 3.63) is 0 Å². The van der Waals surface area contributed by atoms with Gasteiger partial charge in [0.05, 0.1) is 11.9 Å². The lowest BCUT2D eigenvalue weighted by Gasteiger charge is -2.40. The number of rotatable bonds is 4. The van der Waals surface area contributed by atoms with Gasteiger partial charge in [-0.05, 0) is 43.4 Å². The van der Waals surface area contributed by atoms with Crippen molar-refractivity contribution in [1.82, 2.24) is 4.72 Å². The largest absolute Gasteiger partial charge is 0.392 e. The summed E-state index contributed by atoms with van der Waals surface area (Å²) >= 11 is 0. The number of aliphatic hydroxyl groups excluding tert-OH is 1. The van der Waals surface area contributed by atoms with E-state index in [1.807, 2.05) is 0 Å². The maximum Gasteiger partial charge on any atom is 0.212 e. The Labute approximate surface area is 166 Å². The first-order valence-electron chi connectivity index (χ1n) is 11.4. The van der Waals surface area contributed by atoms with Crippen LogP contribution in [0, 0.1) is 16.7 Å². The van der Waals surface area contributed by atoms with E-state index in [4.69, 9.17) is 0 Å². The molecular formula is C22H41NO3S. The molecule has 2 bridgehead atoms. The van der Waals surface area contributed by atoms with Gasteiger partial charge in [-0.1, -0.05) is 71.6 Å². The molecule has 0 heterocycles. The Morgan fingerprint density at radius 3 is 1.85 bits per heavy atom. The van der Waals surface area contributed by atoms with Crippen LogP contribution in [0.4, 0.5) is 0 Å². The van der Waals surface area contributed by atoms with Gasteiger partial charge >= 0.3 is 0 Å². The Morgan fingerprint density at radius 1 is 0.889 bits per heavy atom. The molecule has 0 aliphatic heterocycles. The summed E-state index contributed by atoms with van der Waals surface area (Å²) in [6.07, 6.45) is 16.6. The molecule has 158 valence electrons. The molecule has 3 atom stereocenters. The van der Waals surface area contributed by atoms with Gasteiger partial charge in [0.2, 0.25) is 10.0 Å². The van der Waals surface area contributed by atoms with Crippen LogP contribution < -0.4 is 4.72 Å². The molecule has 4 aliphatic rings. The molecule has 0 saturated heterocycles. The molecule has 0 aromatic rings. The first-order valence-corrected chi connectivity index (χ1v) is 13.1. The average Bonchev–Trinajstić information content (AvgIpc) is 2.98. The molecular weight excluding hydrogens is 358 g/mol. The van der Waals surface area contributed by atoms with Crippen LogP contribution in [-0.2, 0) is 10.0 Å². The Morgan fingerprint density at radius 2 is 1.41 bits per heavy atom. The highest BCUT2D eigenvalue weighted by atomic mass is 32.2. The maximum absolute atomic E-state index is 12.6. The molecule has 2 N–H and O–H groups in total. The molecule has 4 fully saturated rings. The Hall–Kier alpha value is -0.130. The summed E-state index contributed by atoms with van der Waals surface area (Å²) in [5.74, 6) is 0.568. The normalized spacial score (nSPS) is 36.3. The molecule has 27 heavy (non-hydrogen) atoms. The van der Waals surface area contributed by atoms with Gasteiger partial charge in [-0.3, -0.25) is 0 Å². The molecule has 0 aromatic heterocycles. The van der Waals surface area contributed by atoms with Gasteiger partial charge in [-0.25, -0.2) is 13.1 Å². The summed E-state index contributed by atoms with van der Waals surface area (Å²) in [5.41, 5.74) is -0.522. The van der Waals surface area contributed by atoms with Crippen LogP contribution in [0.5, 0.6) is 0 Å². The van der Waals surface area contributed by atoms with E-state index in [1.54, 1.807) is 0 Å². The van der Waals surface area contributed by atoms with E-state index >= 15 is 0 Å². The van der Waals surface area contributed by atoms with Crippen LogP contribution in [0.2, 0.25) is 0 Å². The summed E-state index contributed by atoms with van der Waals surface area (Å²) in [6.45, 7) is 4.30. The predicted octanol–water partition coefficient (Wildman–Crippen LogP) is 4.77. The predicted molar refractivity (Wildman–Crippen MR) is 111 cm³/mol. The fraction of sp³-hybridized carbons (Fsp3) is 1.00. The highest BCUT2D eigenvalue weighted by Crippen LogP contribution is 2.66.